The Balaban J connectivity index is 2.16. The Kier molecular flexibility index (Phi) is 4.29. The highest BCUT2D eigenvalue weighted by Gasteiger charge is 2.12. The standard InChI is InChI=1S/C13H16N4O2S/c1-8(2)6-17(3)11-5-14-9(4-15-11)12-16-10(7-20-12)13(18)19/h4-5,7-8H,6H2,1-3H3,(H,18,19). The van der Waals surface area contributed by atoms with E-state index < -0.39 is 5.97 Å². The Labute approximate surface area is 121 Å². The summed E-state index contributed by atoms with van der Waals surface area (Å²) in [4.78, 5) is 25.5. The molecule has 0 amide bonds. The lowest BCUT2D eigenvalue weighted by Crippen LogP contribution is -2.23. The number of hydrogen-bond donors (Lipinski definition) is 1. The van der Waals surface area contributed by atoms with E-state index in [1.165, 1.54) is 16.7 Å². The third kappa shape index (κ3) is 3.30. The molecule has 0 aliphatic heterocycles. The topological polar surface area (TPSA) is 79.2 Å². The molecule has 0 fully saturated rings. The van der Waals surface area contributed by atoms with E-state index in [0.29, 0.717) is 16.6 Å². The molecule has 106 valence electrons. The molecule has 2 heterocycles. The van der Waals surface area contributed by atoms with Crippen molar-refractivity contribution in [2.45, 2.75) is 13.8 Å². The predicted molar refractivity (Wildman–Crippen MR) is 78.2 cm³/mol. The van der Waals surface area contributed by atoms with E-state index in [2.05, 4.69) is 28.8 Å². The highest BCUT2D eigenvalue weighted by Crippen LogP contribution is 2.22. The Morgan fingerprint density at radius 3 is 2.65 bits per heavy atom. The monoisotopic (exact) mass is 292 g/mol. The van der Waals surface area contributed by atoms with Crippen molar-refractivity contribution in [1.82, 2.24) is 15.0 Å². The lowest BCUT2D eigenvalue weighted by atomic mass is 10.2. The van der Waals surface area contributed by atoms with E-state index in [1.807, 2.05) is 11.9 Å². The van der Waals surface area contributed by atoms with E-state index in [4.69, 9.17) is 5.11 Å². The fourth-order valence-corrected chi connectivity index (χ4v) is 2.51. The van der Waals surface area contributed by atoms with Crippen molar-refractivity contribution in [3.63, 3.8) is 0 Å². The second-order valence-electron chi connectivity index (χ2n) is 4.88. The summed E-state index contributed by atoms with van der Waals surface area (Å²) >= 11 is 1.25. The number of aromatic carboxylic acids is 1. The van der Waals surface area contributed by atoms with Gasteiger partial charge in [-0.3, -0.25) is 0 Å². The van der Waals surface area contributed by atoms with Crippen LogP contribution in [0.15, 0.2) is 17.8 Å². The first kappa shape index (κ1) is 14.4. The van der Waals surface area contributed by atoms with E-state index in [-0.39, 0.29) is 5.69 Å². The lowest BCUT2D eigenvalue weighted by Gasteiger charge is -2.19. The first-order valence-electron chi connectivity index (χ1n) is 6.19. The normalized spacial score (nSPS) is 10.8. The molecule has 0 saturated carbocycles. The summed E-state index contributed by atoms with van der Waals surface area (Å²) in [5, 5.41) is 10.9. The zero-order valence-corrected chi connectivity index (χ0v) is 12.4. The minimum Gasteiger partial charge on any atom is -0.476 e. The van der Waals surface area contributed by atoms with E-state index in [9.17, 15) is 4.79 Å². The van der Waals surface area contributed by atoms with Gasteiger partial charge in [-0.2, -0.15) is 0 Å². The number of hydrogen-bond acceptors (Lipinski definition) is 6. The molecule has 6 nitrogen and oxygen atoms in total. The second kappa shape index (κ2) is 5.96. The number of aromatic nitrogens is 3. The van der Waals surface area contributed by atoms with Crippen LogP contribution in [-0.2, 0) is 0 Å². The Hall–Kier alpha value is -2.02. The predicted octanol–water partition coefficient (Wildman–Crippen LogP) is 2.39. The summed E-state index contributed by atoms with van der Waals surface area (Å²) in [5.41, 5.74) is 0.622. The number of rotatable bonds is 5. The number of anilines is 1. The molecular formula is C13H16N4O2S. The molecule has 0 spiro atoms. The van der Waals surface area contributed by atoms with E-state index >= 15 is 0 Å². The van der Waals surface area contributed by atoms with Gasteiger partial charge in [0.2, 0.25) is 0 Å². The Morgan fingerprint density at radius 1 is 1.40 bits per heavy atom. The SMILES string of the molecule is CC(C)CN(C)c1cnc(-c2nc(C(=O)O)cs2)cn1. The summed E-state index contributed by atoms with van der Waals surface area (Å²) in [5.74, 6) is 0.296. The molecule has 2 rings (SSSR count). The highest BCUT2D eigenvalue weighted by molar-refractivity contribution is 7.13. The molecule has 20 heavy (non-hydrogen) atoms. The van der Waals surface area contributed by atoms with Crippen molar-refractivity contribution in [1.29, 1.82) is 0 Å². The van der Waals surface area contributed by atoms with Crippen molar-refractivity contribution in [3.05, 3.63) is 23.5 Å². The summed E-state index contributed by atoms with van der Waals surface area (Å²) in [6, 6.07) is 0. The molecule has 2 aromatic rings. The molecular weight excluding hydrogens is 276 g/mol. The maximum Gasteiger partial charge on any atom is 0.355 e. The van der Waals surface area contributed by atoms with Gasteiger partial charge in [-0.15, -0.1) is 11.3 Å². The van der Waals surface area contributed by atoms with E-state index in [0.717, 1.165) is 12.4 Å². The van der Waals surface area contributed by atoms with E-state index in [1.54, 1.807) is 12.4 Å². The second-order valence-corrected chi connectivity index (χ2v) is 5.74. The summed E-state index contributed by atoms with van der Waals surface area (Å²) in [6.07, 6.45) is 3.30. The third-order valence-corrected chi connectivity index (χ3v) is 3.48. The van der Waals surface area contributed by atoms with Gasteiger partial charge in [0.25, 0.3) is 0 Å². The molecule has 7 heteroatoms. The number of thiazole rings is 1. The van der Waals surface area contributed by atoms with Crippen LogP contribution in [-0.4, -0.2) is 39.6 Å². The lowest BCUT2D eigenvalue weighted by molar-refractivity contribution is 0.0691. The summed E-state index contributed by atoms with van der Waals surface area (Å²) in [6.45, 7) is 5.18. The number of carboxylic acid groups (broad SMARTS) is 1. The largest absolute Gasteiger partial charge is 0.476 e. The summed E-state index contributed by atoms with van der Waals surface area (Å²) < 4.78 is 0. The molecule has 0 radical (unpaired) electrons. The van der Waals surface area contributed by atoms with Gasteiger partial charge in [0, 0.05) is 19.0 Å². The van der Waals surface area contributed by atoms with Gasteiger partial charge in [0.05, 0.1) is 12.4 Å². The van der Waals surface area contributed by atoms with Crippen molar-refractivity contribution in [2.75, 3.05) is 18.5 Å². The summed E-state index contributed by atoms with van der Waals surface area (Å²) in [7, 11) is 1.97. The average Bonchev–Trinajstić information content (AvgIpc) is 2.88. The molecule has 0 aliphatic rings. The van der Waals surface area contributed by atoms with Crippen molar-refractivity contribution in [3.8, 4) is 10.7 Å². The van der Waals surface area contributed by atoms with Gasteiger partial charge in [0.15, 0.2) is 5.69 Å². The molecule has 1 N–H and O–H groups in total. The Bertz CT molecular complexity index is 595. The van der Waals surface area contributed by atoms with Crippen LogP contribution in [0.25, 0.3) is 10.7 Å². The van der Waals surface area contributed by atoms with Crippen LogP contribution in [0.4, 0.5) is 5.82 Å². The number of nitrogens with zero attached hydrogens (tertiary/aromatic N) is 4. The van der Waals surface area contributed by atoms with Crippen molar-refractivity contribution >= 4 is 23.1 Å². The fraction of sp³-hybridized carbons (Fsp3) is 0.385. The molecule has 0 unspecified atom stereocenters. The molecule has 0 saturated heterocycles. The molecule has 0 aromatic carbocycles. The van der Waals surface area contributed by atoms with Crippen LogP contribution >= 0.6 is 11.3 Å². The quantitative estimate of drug-likeness (QED) is 0.911. The average molecular weight is 292 g/mol. The first-order chi connectivity index (χ1) is 9.47. The number of carboxylic acids is 1. The minimum atomic E-state index is -1.03. The maximum absolute atomic E-state index is 10.8. The third-order valence-electron chi connectivity index (χ3n) is 2.61. The minimum absolute atomic E-state index is 0.0350. The van der Waals surface area contributed by atoms with Crippen LogP contribution < -0.4 is 4.90 Å². The smallest absolute Gasteiger partial charge is 0.355 e. The van der Waals surface area contributed by atoms with Gasteiger partial charge >= 0.3 is 5.97 Å². The van der Waals surface area contributed by atoms with Crippen LogP contribution in [0.1, 0.15) is 24.3 Å². The zero-order valence-electron chi connectivity index (χ0n) is 11.6. The van der Waals surface area contributed by atoms with Gasteiger partial charge in [-0.25, -0.2) is 19.7 Å². The van der Waals surface area contributed by atoms with Crippen molar-refractivity contribution in [2.24, 2.45) is 5.92 Å². The number of carbonyl (C=O) groups is 1. The van der Waals surface area contributed by atoms with Crippen LogP contribution in [0.3, 0.4) is 0 Å². The van der Waals surface area contributed by atoms with Crippen molar-refractivity contribution < 1.29 is 9.90 Å². The molecule has 0 bridgehead atoms. The van der Waals surface area contributed by atoms with Crippen LogP contribution in [0.5, 0.6) is 0 Å². The van der Waals surface area contributed by atoms with Gasteiger partial charge in [-0.05, 0) is 5.92 Å². The zero-order chi connectivity index (χ0) is 14.7. The van der Waals surface area contributed by atoms with Gasteiger partial charge in [0.1, 0.15) is 16.5 Å². The Morgan fingerprint density at radius 2 is 2.15 bits per heavy atom. The first-order valence-corrected chi connectivity index (χ1v) is 7.07. The van der Waals surface area contributed by atoms with Crippen LogP contribution in [0.2, 0.25) is 0 Å². The van der Waals surface area contributed by atoms with Gasteiger partial charge < -0.3 is 10.0 Å². The highest BCUT2D eigenvalue weighted by atomic mass is 32.1. The van der Waals surface area contributed by atoms with Crippen LogP contribution in [0, 0.1) is 5.92 Å². The van der Waals surface area contributed by atoms with Gasteiger partial charge in [-0.1, -0.05) is 13.8 Å². The molecule has 0 atom stereocenters. The molecule has 2 aromatic heterocycles. The fourth-order valence-electron chi connectivity index (χ4n) is 1.76. The maximum atomic E-state index is 10.8. The molecule has 0 aliphatic carbocycles.